The molecule has 1 aliphatic heterocycles. The van der Waals surface area contributed by atoms with Crippen LogP contribution in [0.5, 0.6) is 5.75 Å². The zero-order valence-electron chi connectivity index (χ0n) is 14.0. The minimum Gasteiger partial charge on any atom is -0.497 e. The Balaban J connectivity index is 1.97. The maximum Gasteiger partial charge on any atom is 0.321 e. The van der Waals surface area contributed by atoms with Gasteiger partial charge in [0, 0.05) is 37.9 Å². The lowest BCUT2D eigenvalue weighted by molar-refractivity contribution is 0.101. The van der Waals surface area contributed by atoms with Gasteiger partial charge in [0.2, 0.25) is 0 Å². The highest BCUT2D eigenvalue weighted by atomic mass is 16.5. The fourth-order valence-corrected chi connectivity index (χ4v) is 3.15. The van der Waals surface area contributed by atoms with Gasteiger partial charge >= 0.3 is 6.03 Å². The quantitative estimate of drug-likeness (QED) is 0.930. The highest BCUT2D eigenvalue weighted by molar-refractivity contribution is 5.89. The number of hydrogen-bond donors (Lipinski definition) is 1. The van der Waals surface area contributed by atoms with E-state index in [0.29, 0.717) is 5.92 Å². The van der Waals surface area contributed by atoms with Gasteiger partial charge in [-0.3, -0.25) is 0 Å². The molecule has 1 aliphatic rings. The molecule has 0 spiro atoms. The topological polar surface area (TPSA) is 44.8 Å². The van der Waals surface area contributed by atoms with Crippen LogP contribution in [0.2, 0.25) is 0 Å². The summed E-state index contributed by atoms with van der Waals surface area (Å²) in [5, 5.41) is 2.95. The molecule has 1 aromatic rings. The molecule has 0 aliphatic carbocycles. The van der Waals surface area contributed by atoms with Gasteiger partial charge in [-0.15, -0.1) is 0 Å². The summed E-state index contributed by atoms with van der Waals surface area (Å²) in [5.74, 6) is 1.22. The molecule has 122 valence electrons. The third kappa shape index (κ3) is 3.91. The number of nitrogens with zero attached hydrogens (tertiary/aromatic N) is 2. The van der Waals surface area contributed by atoms with Gasteiger partial charge in [-0.05, 0) is 31.0 Å². The second kappa shape index (κ2) is 7.49. The summed E-state index contributed by atoms with van der Waals surface area (Å²) in [6, 6.07) is 7.66. The lowest BCUT2D eigenvalue weighted by Crippen LogP contribution is -2.51. The van der Waals surface area contributed by atoms with Crippen molar-refractivity contribution in [2.24, 2.45) is 5.92 Å². The first-order chi connectivity index (χ1) is 10.5. The molecule has 22 heavy (non-hydrogen) atoms. The molecule has 0 unspecified atom stereocenters. The van der Waals surface area contributed by atoms with E-state index in [9.17, 15) is 4.79 Å². The first-order valence-electron chi connectivity index (χ1n) is 7.95. The number of likely N-dealkylation sites (tertiary alicyclic amines) is 1. The van der Waals surface area contributed by atoms with Gasteiger partial charge in [0.15, 0.2) is 0 Å². The number of hydrogen-bond acceptors (Lipinski definition) is 3. The predicted octanol–water partition coefficient (Wildman–Crippen LogP) is 2.89. The van der Waals surface area contributed by atoms with Crippen molar-refractivity contribution < 1.29 is 9.53 Å². The Morgan fingerprint density at radius 1 is 1.50 bits per heavy atom. The number of urea groups is 1. The van der Waals surface area contributed by atoms with Gasteiger partial charge in [-0.1, -0.05) is 19.9 Å². The fraction of sp³-hybridized carbons (Fsp3) is 0.588. The average molecular weight is 305 g/mol. The molecule has 2 rings (SSSR count). The van der Waals surface area contributed by atoms with E-state index in [4.69, 9.17) is 4.74 Å². The summed E-state index contributed by atoms with van der Waals surface area (Å²) < 4.78 is 5.18. The van der Waals surface area contributed by atoms with Crippen molar-refractivity contribution in [3.05, 3.63) is 24.3 Å². The van der Waals surface area contributed by atoms with E-state index in [1.165, 1.54) is 0 Å². The SMILES string of the molecule is CCN1CC[C@@H](N(C)C(=O)Nc2cccc(OC)c2)[C@@H](C)C1. The van der Waals surface area contributed by atoms with Crippen molar-refractivity contribution in [1.29, 1.82) is 0 Å². The van der Waals surface area contributed by atoms with Gasteiger partial charge in [-0.25, -0.2) is 4.79 Å². The van der Waals surface area contributed by atoms with Crippen molar-refractivity contribution in [3.63, 3.8) is 0 Å². The summed E-state index contributed by atoms with van der Waals surface area (Å²) >= 11 is 0. The number of rotatable bonds is 4. The number of piperidine rings is 1. The Hall–Kier alpha value is -1.75. The van der Waals surface area contributed by atoms with Crippen molar-refractivity contribution in [2.75, 3.05) is 39.1 Å². The Morgan fingerprint density at radius 2 is 2.27 bits per heavy atom. The average Bonchev–Trinajstić information content (AvgIpc) is 2.54. The number of ether oxygens (including phenoxy) is 1. The van der Waals surface area contributed by atoms with Gasteiger partial charge < -0.3 is 19.9 Å². The molecule has 1 N–H and O–H groups in total. The van der Waals surface area contributed by atoms with Gasteiger partial charge in [0.1, 0.15) is 5.75 Å². The summed E-state index contributed by atoms with van der Waals surface area (Å²) in [6.45, 7) is 7.60. The number of anilines is 1. The van der Waals surface area contributed by atoms with Crippen molar-refractivity contribution in [2.45, 2.75) is 26.3 Å². The van der Waals surface area contributed by atoms with Crippen LogP contribution in [0.15, 0.2) is 24.3 Å². The molecule has 2 amide bonds. The minimum atomic E-state index is -0.0601. The molecule has 1 fully saturated rings. The number of nitrogens with one attached hydrogen (secondary N) is 1. The smallest absolute Gasteiger partial charge is 0.321 e. The van der Waals surface area contributed by atoms with Gasteiger partial charge in [0.05, 0.1) is 7.11 Å². The molecular weight excluding hydrogens is 278 g/mol. The first-order valence-corrected chi connectivity index (χ1v) is 7.95. The molecule has 5 nitrogen and oxygen atoms in total. The molecule has 0 radical (unpaired) electrons. The van der Waals surface area contributed by atoms with Crippen LogP contribution in [-0.4, -0.2) is 55.7 Å². The number of carbonyl (C=O) groups excluding carboxylic acids is 1. The van der Waals surface area contributed by atoms with Crippen LogP contribution in [0.3, 0.4) is 0 Å². The summed E-state index contributed by atoms with van der Waals surface area (Å²) in [5.41, 5.74) is 0.759. The van der Waals surface area contributed by atoms with Crippen molar-refractivity contribution in [3.8, 4) is 5.75 Å². The molecule has 1 saturated heterocycles. The second-order valence-corrected chi connectivity index (χ2v) is 6.00. The molecular formula is C17H27N3O2. The number of benzene rings is 1. The Morgan fingerprint density at radius 3 is 2.91 bits per heavy atom. The van der Waals surface area contributed by atoms with E-state index < -0.39 is 0 Å². The molecule has 1 heterocycles. The molecule has 2 atom stereocenters. The van der Waals surface area contributed by atoms with Crippen molar-refractivity contribution in [1.82, 2.24) is 9.80 Å². The highest BCUT2D eigenvalue weighted by Crippen LogP contribution is 2.22. The third-order valence-corrected chi connectivity index (χ3v) is 4.53. The standard InChI is InChI=1S/C17H27N3O2/c1-5-20-10-9-16(13(2)12-20)19(3)17(21)18-14-7-6-8-15(11-14)22-4/h6-8,11,13,16H,5,9-10,12H2,1-4H3,(H,18,21)/t13-,16+/m0/s1. The van der Waals surface area contributed by atoms with Crippen LogP contribution < -0.4 is 10.1 Å². The summed E-state index contributed by atoms with van der Waals surface area (Å²) in [7, 11) is 3.51. The van der Waals surface area contributed by atoms with E-state index in [1.807, 2.05) is 36.2 Å². The number of amides is 2. The van der Waals surface area contributed by atoms with Crippen LogP contribution in [-0.2, 0) is 0 Å². The Kier molecular flexibility index (Phi) is 5.66. The van der Waals surface area contributed by atoms with E-state index in [1.54, 1.807) is 7.11 Å². The molecule has 0 bridgehead atoms. The molecule has 1 aromatic carbocycles. The third-order valence-electron chi connectivity index (χ3n) is 4.53. The Labute approximate surface area is 133 Å². The highest BCUT2D eigenvalue weighted by Gasteiger charge is 2.30. The monoisotopic (exact) mass is 305 g/mol. The lowest BCUT2D eigenvalue weighted by atomic mass is 9.93. The first kappa shape index (κ1) is 16.6. The minimum absolute atomic E-state index is 0.0601. The van der Waals surface area contributed by atoms with Crippen LogP contribution in [0.4, 0.5) is 10.5 Å². The Bertz CT molecular complexity index is 506. The van der Waals surface area contributed by atoms with Crippen LogP contribution in [0.1, 0.15) is 20.3 Å². The normalized spacial score (nSPS) is 22.2. The van der Waals surface area contributed by atoms with E-state index in [0.717, 1.165) is 37.5 Å². The zero-order chi connectivity index (χ0) is 16.1. The van der Waals surface area contributed by atoms with E-state index >= 15 is 0 Å². The molecule has 0 aromatic heterocycles. The lowest BCUT2D eigenvalue weighted by Gasteiger charge is -2.40. The number of carbonyl (C=O) groups is 1. The predicted molar refractivity (Wildman–Crippen MR) is 89.5 cm³/mol. The van der Waals surface area contributed by atoms with E-state index in [2.05, 4.69) is 24.1 Å². The largest absolute Gasteiger partial charge is 0.497 e. The summed E-state index contributed by atoms with van der Waals surface area (Å²) in [6.07, 6.45) is 1.02. The van der Waals surface area contributed by atoms with Crippen molar-refractivity contribution >= 4 is 11.7 Å². The summed E-state index contributed by atoms with van der Waals surface area (Å²) in [4.78, 5) is 16.8. The van der Waals surface area contributed by atoms with E-state index in [-0.39, 0.29) is 12.1 Å². The zero-order valence-corrected chi connectivity index (χ0v) is 14.0. The van der Waals surface area contributed by atoms with Crippen LogP contribution in [0.25, 0.3) is 0 Å². The maximum atomic E-state index is 12.5. The molecule has 0 saturated carbocycles. The van der Waals surface area contributed by atoms with Gasteiger partial charge in [-0.2, -0.15) is 0 Å². The maximum absolute atomic E-state index is 12.5. The van der Waals surface area contributed by atoms with Gasteiger partial charge in [0.25, 0.3) is 0 Å². The number of methoxy groups -OCH3 is 1. The fourth-order valence-electron chi connectivity index (χ4n) is 3.15. The van der Waals surface area contributed by atoms with Crippen LogP contribution >= 0.6 is 0 Å². The second-order valence-electron chi connectivity index (χ2n) is 6.00. The molecule has 5 heteroatoms. The van der Waals surface area contributed by atoms with Crippen LogP contribution in [0, 0.1) is 5.92 Å².